The van der Waals surface area contributed by atoms with Gasteiger partial charge >= 0.3 is 5.97 Å². The zero-order chi connectivity index (χ0) is 15.1. The Morgan fingerprint density at radius 3 is 2.25 bits per heavy atom. The van der Waals surface area contributed by atoms with Gasteiger partial charge in [-0.15, -0.1) is 0 Å². The summed E-state index contributed by atoms with van der Waals surface area (Å²) in [5.74, 6) is -1.78. The number of carbonyl (C=O) groups excluding carboxylic acids is 2. The highest BCUT2D eigenvalue weighted by molar-refractivity contribution is 5.84. The highest BCUT2D eigenvalue weighted by atomic mass is 16.4. The fourth-order valence-corrected chi connectivity index (χ4v) is 1.73. The van der Waals surface area contributed by atoms with Crippen LogP contribution in [0.4, 0.5) is 0 Å². The second-order valence-electron chi connectivity index (χ2n) is 4.50. The van der Waals surface area contributed by atoms with Crippen molar-refractivity contribution < 1.29 is 19.5 Å². The van der Waals surface area contributed by atoms with Gasteiger partial charge in [0.05, 0.1) is 12.5 Å². The molecule has 1 aromatic rings. The van der Waals surface area contributed by atoms with Crippen molar-refractivity contribution in [2.45, 2.75) is 32.4 Å². The SMILES string of the molecule is CC(=O)NC(CC(=O)N[C@H](C)C(=O)O)c1ccccc1. The fraction of sp³-hybridized carbons (Fsp3) is 0.357. The van der Waals surface area contributed by atoms with Crippen LogP contribution in [0.3, 0.4) is 0 Å². The van der Waals surface area contributed by atoms with Crippen molar-refractivity contribution in [2.24, 2.45) is 0 Å². The van der Waals surface area contributed by atoms with Gasteiger partial charge in [0, 0.05) is 6.92 Å². The number of carboxylic acids is 1. The van der Waals surface area contributed by atoms with Crippen LogP contribution in [0.15, 0.2) is 30.3 Å². The van der Waals surface area contributed by atoms with Crippen molar-refractivity contribution in [1.29, 1.82) is 0 Å². The van der Waals surface area contributed by atoms with E-state index in [1.165, 1.54) is 13.8 Å². The van der Waals surface area contributed by atoms with Crippen LogP contribution in [0.5, 0.6) is 0 Å². The number of amides is 2. The van der Waals surface area contributed by atoms with Crippen molar-refractivity contribution in [3.05, 3.63) is 35.9 Å². The van der Waals surface area contributed by atoms with E-state index in [-0.39, 0.29) is 12.3 Å². The minimum atomic E-state index is -1.10. The third-order valence-electron chi connectivity index (χ3n) is 2.72. The molecule has 0 saturated heterocycles. The first-order valence-corrected chi connectivity index (χ1v) is 6.24. The standard InChI is InChI=1S/C14H18N2O4/c1-9(14(19)20)15-13(18)8-12(16-10(2)17)11-6-4-3-5-7-11/h3-7,9,12H,8H2,1-2H3,(H,15,18)(H,16,17)(H,19,20)/t9-,12?/m1/s1. The summed E-state index contributed by atoms with van der Waals surface area (Å²) >= 11 is 0. The zero-order valence-electron chi connectivity index (χ0n) is 11.4. The predicted molar refractivity (Wildman–Crippen MR) is 72.9 cm³/mol. The Hall–Kier alpha value is -2.37. The van der Waals surface area contributed by atoms with Gasteiger partial charge in [-0.2, -0.15) is 0 Å². The number of aliphatic carboxylic acids is 1. The molecule has 1 aromatic carbocycles. The van der Waals surface area contributed by atoms with E-state index in [0.717, 1.165) is 5.56 Å². The third-order valence-corrected chi connectivity index (χ3v) is 2.72. The topological polar surface area (TPSA) is 95.5 Å². The van der Waals surface area contributed by atoms with Crippen LogP contribution >= 0.6 is 0 Å². The summed E-state index contributed by atoms with van der Waals surface area (Å²) in [6.07, 6.45) is -0.0127. The number of nitrogens with one attached hydrogen (secondary N) is 2. The highest BCUT2D eigenvalue weighted by Crippen LogP contribution is 2.16. The summed E-state index contributed by atoms with van der Waals surface area (Å²) in [5, 5.41) is 13.8. The molecule has 1 rings (SSSR count). The number of hydrogen-bond acceptors (Lipinski definition) is 3. The first kappa shape index (κ1) is 15.7. The lowest BCUT2D eigenvalue weighted by molar-refractivity contribution is -0.141. The summed E-state index contributed by atoms with van der Waals surface area (Å²) in [6, 6.07) is 7.61. The van der Waals surface area contributed by atoms with Gasteiger partial charge in [-0.3, -0.25) is 14.4 Å². The summed E-state index contributed by atoms with van der Waals surface area (Å²) in [4.78, 5) is 33.7. The van der Waals surface area contributed by atoms with Gasteiger partial charge in [-0.25, -0.2) is 0 Å². The Morgan fingerprint density at radius 2 is 1.75 bits per heavy atom. The normalized spacial score (nSPS) is 13.1. The van der Waals surface area contributed by atoms with E-state index in [4.69, 9.17) is 5.11 Å². The van der Waals surface area contributed by atoms with Crippen molar-refractivity contribution >= 4 is 17.8 Å². The Balaban J connectivity index is 2.73. The quantitative estimate of drug-likeness (QED) is 0.718. The van der Waals surface area contributed by atoms with E-state index in [0.29, 0.717) is 0 Å². The highest BCUT2D eigenvalue weighted by Gasteiger charge is 2.20. The Bertz CT molecular complexity index is 487. The lowest BCUT2D eigenvalue weighted by atomic mass is 10.0. The molecule has 1 unspecified atom stereocenters. The van der Waals surface area contributed by atoms with Gasteiger partial charge in [-0.05, 0) is 12.5 Å². The van der Waals surface area contributed by atoms with E-state index in [1.807, 2.05) is 18.2 Å². The molecule has 2 atom stereocenters. The number of hydrogen-bond donors (Lipinski definition) is 3. The number of rotatable bonds is 6. The van der Waals surface area contributed by atoms with Crippen LogP contribution in [0.1, 0.15) is 31.9 Å². The minimum absolute atomic E-state index is 0.0127. The molecule has 6 heteroatoms. The minimum Gasteiger partial charge on any atom is -0.480 e. The molecule has 0 aliphatic rings. The maximum atomic E-state index is 11.8. The summed E-state index contributed by atoms with van der Waals surface area (Å²) in [6.45, 7) is 2.75. The smallest absolute Gasteiger partial charge is 0.325 e. The van der Waals surface area contributed by atoms with E-state index < -0.39 is 24.0 Å². The molecule has 0 bridgehead atoms. The Kier molecular flexibility index (Phi) is 5.71. The van der Waals surface area contributed by atoms with Crippen LogP contribution in [-0.2, 0) is 14.4 Å². The molecular weight excluding hydrogens is 260 g/mol. The van der Waals surface area contributed by atoms with Crippen LogP contribution in [0.2, 0.25) is 0 Å². The average molecular weight is 278 g/mol. The predicted octanol–water partition coefficient (Wildman–Crippen LogP) is 0.843. The van der Waals surface area contributed by atoms with Crippen LogP contribution in [-0.4, -0.2) is 28.9 Å². The Labute approximate surface area is 117 Å². The van der Waals surface area contributed by atoms with Gasteiger partial charge in [0.2, 0.25) is 11.8 Å². The Morgan fingerprint density at radius 1 is 1.15 bits per heavy atom. The van der Waals surface area contributed by atoms with Crippen molar-refractivity contribution in [2.75, 3.05) is 0 Å². The molecule has 0 aromatic heterocycles. The molecule has 6 nitrogen and oxygen atoms in total. The molecule has 0 saturated carbocycles. The van der Waals surface area contributed by atoms with Crippen LogP contribution < -0.4 is 10.6 Å². The second kappa shape index (κ2) is 7.28. The fourth-order valence-electron chi connectivity index (χ4n) is 1.73. The molecule has 20 heavy (non-hydrogen) atoms. The number of carbonyl (C=O) groups is 3. The first-order chi connectivity index (χ1) is 9.40. The molecular formula is C14H18N2O4. The van der Waals surface area contributed by atoms with Crippen molar-refractivity contribution in [1.82, 2.24) is 10.6 Å². The maximum Gasteiger partial charge on any atom is 0.325 e. The van der Waals surface area contributed by atoms with Crippen molar-refractivity contribution in [3.63, 3.8) is 0 Å². The molecule has 0 spiro atoms. The molecule has 0 heterocycles. The summed E-state index contributed by atoms with van der Waals surface area (Å²) < 4.78 is 0. The second-order valence-corrected chi connectivity index (χ2v) is 4.50. The maximum absolute atomic E-state index is 11.8. The zero-order valence-corrected chi connectivity index (χ0v) is 11.4. The monoisotopic (exact) mass is 278 g/mol. The van der Waals surface area contributed by atoms with Gasteiger partial charge in [0.1, 0.15) is 6.04 Å². The largest absolute Gasteiger partial charge is 0.480 e. The van der Waals surface area contributed by atoms with Gasteiger partial charge in [0.15, 0.2) is 0 Å². The van der Waals surface area contributed by atoms with Gasteiger partial charge < -0.3 is 15.7 Å². The van der Waals surface area contributed by atoms with E-state index in [2.05, 4.69) is 10.6 Å². The molecule has 108 valence electrons. The van der Waals surface area contributed by atoms with Gasteiger partial charge in [-0.1, -0.05) is 30.3 Å². The summed E-state index contributed by atoms with van der Waals surface area (Å²) in [5.41, 5.74) is 0.792. The lowest BCUT2D eigenvalue weighted by Gasteiger charge is -2.19. The molecule has 3 N–H and O–H groups in total. The molecule has 0 aliphatic heterocycles. The van der Waals surface area contributed by atoms with Crippen molar-refractivity contribution in [3.8, 4) is 0 Å². The van der Waals surface area contributed by atoms with Crippen LogP contribution in [0, 0.1) is 0 Å². The number of carboxylic acid groups (broad SMARTS) is 1. The molecule has 0 radical (unpaired) electrons. The summed E-state index contributed by atoms with van der Waals surface area (Å²) in [7, 11) is 0. The van der Waals surface area contributed by atoms with Gasteiger partial charge in [0.25, 0.3) is 0 Å². The average Bonchev–Trinajstić information content (AvgIpc) is 2.38. The third kappa shape index (κ3) is 5.09. The van der Waals surface area contributed by atoms with E-state index in [1.54, 1.807) is 12.1 Å². The van der Waals surface area contributed by atoms with E-state index >= 15 is 0 Å². The van der Waals surface area contributed by atoms with E-state index in [9.17, 15) is 14.4 Å². The molecule has 2 amide bonds. The lowest BCUT2D eigenvalue weighted by Crippen LogP contribution is -2.40. The first-order valence-electron chi connectivity index (χ1n) is 6.24. The molecule has 0 aliphatic carbocycles. The number of benzene rings is 1. The van der Waals surface area contributed by atoms with Crippen LogP contribution in [0.25, 0.3) is 0 Å². The molecule has 0 fully saturated rings.